The molecule has 0 heterocycles. The number of nitrogens with one attached hydrogen (secondary N) is 1. The summed E-state index contributed by atoms with van der Waals surface area (Å²) < 4.78 is 19.8. The van der Waals surface area contributed by atoms with Crippen molar-refractivity contribution in [3.8, 4) is 5.75 Å². The first-order chi connectivity index (χ1) is 12.3. The highest BCUT2D eigenvalue weighted by Crippen LogP contribution is 2.18. The van der Waals surface area contributed by atoms with Crippen molar-refractivity contribution in [1.82, 2.24) is 4.90 Å². The molecule has 0 unspecified atom stereocenters. The van der Waals surface area contributed by atoms with Gasteiger partial charge in [0.15, 0.2) is 6.61 Å². The SMILES string of the molecule is CN(C)C(=O)COc1ccc(NC(=O)CCc2ccc(Br)cc2F)cc1. The lowest BCUT2D eigenvalue weighted by atomic mass is 10.1. The third-order valence-corrected chi connectivity index (χ3v) is 4.13. The van der Waals surface area contributed by atoms with Crippen LogP contribution in [0.3, 0.4) is 0 Å². The summed E-state index contributed by atoms with van der Waals surface area (Å²) in [5.74, 6) is -0.137. The predicted octanol–water partition coefficient (Wildman–Crippen LogP) is 3.63. The minimum atomic E-state index is -0.332. The van der Waals surface area contributed by atoms with Gasteiger partial charge in [-0.2, -0.15) is 0 Å². The van der Waals surface area contributed by atoms with Crippen LogP contribution < -0.4 is 10.1 Å². The fourth-order valence-electron chi connectivity index (χ4n) is 2.10. The molecular weight excluding hydrogens is 403 g/mol. The van der Waals surface area contributed by atoms with Crippen LogP contribution in [0.4, 0.5) is 10.1 Å². The molecule has 0 saturated heterocycles. The van der Waals surface area contributed by atoms with Crippen LogP contribution in [0.15, 0.2) is 46.9 Å². The Kier molecular flexibility index (Phi) is 7.15. The molecule has 0 aliphatic carbocycles. The Labute approximate surface area is 160 Å². The van der Waals surface area contributed by atoms with E-state index in [2.05, 4.69) is 21.2 Å². The lowest BCUT2D eigenvalue weighted by molar-refractivity contribution is -0.130. The molecule has 0 aromatic heterocycles. The average Bonchev–Trinajstić information content (AvgIpc) is 2.60. The first-order valence-corrected chi connectivity index (χ1v) is 8.81. The number of hydrogen-bond donors (Lipinski definition) is 1. The van der Waals surface area contributed by atoms with Crippen molar-refractivity contribution in [2.45, 2.75) is 12.8 Å². The lowest BCUT2D eigenvalue weighted by Crippen LogP contribution is -2.27. The van der Waals surface area contributed by atoms with E-state index in [1.807, 2.05) is 0 Å². The van der Waals surface area contributed by atoms with Gasteiger partial charge in [0.05, 0.1) is 0 Å². The van der Waals surface area contributed by atoms with E-state index < -0.39 is 0 Å². The zero-order valence-corrected chi connectivity index (χ0v) is 16.2. The van der Waals surface area contributed by atoms with Crippen molar-refractivity contribution in [1.29, 1.82) is 0 Å². The minimum Gasteiger partial charge on any atom is -0.484 e. The summed E-state index contributed by atoms with van der Waals surface area (Å²) in [6.07, 6.45) is 0.493. The van der Waals surface area contributed by atoms with Crippen LogP contribution in [0.25, 0.3) is 0 Å². The second-order valence-electron chi connectivity index (χ2n) is 5.89. The lowest BCUT2D eigenvalue weighted by Gasteiger charge is -2.12. The molecule has 0 atom stereocenters. The zero-order chi connectivity index (χ0) is 19.1. The van der Waals surface area contributed by atoms with Crippen molar-refractivity contribution < 1.29 is 18.7 Å². The summed E-state index contributed by atoms with van der Waals surface area (Å²) in [6, 6.07) is 11.5. The molecule has 2 aromatic carbocycles. The highest BCUT2D eigenvalue weighted by atomic mass is 79.9. The Morgan fingerprint density at radius 1 is 1.15 bits per heavy atom. The Hall–Kier alpha value is -2.41. The second kappa shape index (κ2) is 9.33. The van der Waals surface area contributed by atoms with Gasteiger partial charge in [0.25, 0.3) is 5.91 Å². The summed E-state index contributed by atoms with van der Waals surface area (Å²) in [4.78, 5) is 24.9. The highest BCUT2D eigenvalue weighted by Gasteiger charge is 2.08. The maximum absolute atomic E-state index is 13.7. The summed E-state index contributed by atoms with van der Waals surface area (Å²) in [7, 11) is 3.31. The molecule has 7 heteroatoms. The number of halogens is 2. The molecule has 0 bridgehead atoms. The van der Waals surface area contributed by atoms with Gasteiger partial charge >= 0.3 is 0 Å². The van der Waals surface area contributed by atoms with E-state index in [0.29, 0.717) is 27.9 Å². The van der Waals surface area contributed by atoms with E-state index in [1.54, 1.807) is 50.5 Å². The van der Waals surface area contributed by atoms with Crippen LogP contribution >= 0.6 is 15.9 Å². The molecule has 26 heavy (non-hydrogen) atoms. The van der Waals surface area contributed by atoms with Crippen LogP contribution in [-0.4, -0.2) is 37.4 Å². The van der Waals surface area contributed by atoms with Gasteiger partial charge < -0.3 is 15.0 Å². The van der Waals surface area contributed by atoms with Crippen molar-refractivity contribution in [3.05, 3.63) is 58.3 Å². The van der Waals surface area contributed by atoms with Gasteiger partial charge in [-0.1, -0.05) is 22.0 Å². The monoisotopic (exact) mass is 422 g/mol. The molecule has 2 rings (SSSR count). The van der Waals surface area contributed by atoms with E-state index in [-0.39, 0.29) is 30.7 Å². The number of carbonyl (C=O) groups is 2. The Morgan fingerprint density at radius 2 is 1.85 bits per heavy atom. The van der Waals surface area contributed by atoms with Gasteiger partial charge in [-0.05, 0) is 48.4 Å². The van der Waals surface area contributed by atoms with Gasteiger partial charge in [0, 0.05) is 30.7 Å². The van der Waals surface area contributed by atoms with E-state index in [4.69, 9.17) is 4.74 Å². The Morgan fingerprint density at radius 3 is 2.46 bits per heavy atom. The molecule has 2 amide bonds. The zero-order valence-electron chi connectivity index (χ0n) is 14.6. The standard InChI is InChI=1S/C19H20BrFN2O3/c1-23(2)19(25)12-26-16-8-6-15(7-9-16)22-18(24)10-4-13-3-5-14(20)11-17(13)21/h3,5-9,11H,4,10,12H2,1-2H3,(H,22,24). The smallest absolute Gasteiger partial charge is 0.259 e. The molecular formula is C19H20BrFN2O3. The maximum Gasteiger partial charge on any atom is 0.259 e. The molecule has 0 fully saturated rings. The number of rotatable bonds is 7. The molecule has 138 valence electrons. The van der Waals surface area contributed by atoms with Crippen molar-refractivity contribution in [2.75, 3.05) is 26.0 Å². The van der Waals surface area contributed by atoms with Gasteiger partial charge in [-0.3, -0.25) is 9.59 Å². The predicted molar refractivity (Wildman–Crippen MR) is 102 cm³/mol. The molecule has 0 spiro atoms. The highest BCUT2D eigenvalue weighted by molar-refractivity contribution is 9.10. The van der Waals surface area contributed by atoms with Gasteiger partial charge in [-0.25, -0.2) is 4.39 Å². The number of likely N-dealkylation sites (N-methyl/N-ethyl adjacent to an activating group) is 1. The number of ether oxygens (including phenoxy) is 1. The van der Waals surface area contributed by atoms with E-state index >= 15 is 0 Å². The van der Waals surface area contributed by atoms with E-state index in [0.717, 1.165) is 0 Å². The number of anilines is 1. The van der Waals surface area contributed by atoms with Crippen molar-refractivity contribution in [3.63, 3.8) is 0 Å². The third-order valence-electron chi connectivity index (χ3n) is 3.64. The number of carbonyl (C=O) groups excluding carboxylic acids is 2. The normalized spacial score (nSPS) is 10.3. The van der Waals surface area contributed by atoms with Crippen LogP contribution in [0.5, 0.6) is 5.75 Å². The Bertz CT molecular complexity index is 779. The van der Waals surface area contributed by atoms with E-state index in [9.17, 15) is 14.0 Å². The summed E-state index contributed by atoms with van der Waals surface area (Å²) >= 11 is 3.20. The molecule has 0 aliphatic heterocycles. The number of nitrogens with zero attached hydrogens (tertiary/aromatic N) is 1. The minimum absolute atomic E-state index is 0.0442. The molecule has 5 nitrogen and oxygen atoms in total. The number of amides is 2. The second-order valence-corrected chi connectivity index (χ2v) is 6.80. The largest absolute Gasteiger partial charge is 0.484 e. The number of hydrogen-bond acceptors (Lipinski definition) is 3. The third kappa shape index (κ3) is 6.15. The molecule has 0 aliphatic rings. The number of benzene rings is 2. The van der Waals surface area contributed by atoms with Crippen molar-refractivity contribution in [2.24, 2.45) is 0 Å². The molecule has 0 radical (unpaired) electrons. The van der Waals surface area contributed by atoms with Crippen molar-refractivity contribution >= 4 is 33.4 Å². The van der Waals surface area contributed by atoms with Crippen LogP contribution in [-0.2, 0) is 16.0 Å². The summed E-state index contributed by atoms with van der Waals surface area (Å²) in [5.41, 5.74) is 1.11. The molecule has 1 N–H and O–H groups in total. The number of aryl methyl sites for hydroxylation is 1. The average molecular weight is 423 g/mol. The first kappa shape index (κ1) is 19.9. The fourth-order valence-corrected chi connectivity index (χ4v) is 2.44. The summed E-state index contributed by atoms with van der Waals surface area (Å²) in [6.45, 7) is -0.0442. The topological polar surface area (TPSA) is 58.6 Å². The van der Waals surface area contributed by atoms with Crippen LogP contribution in [0.1, 0.15) is 12.0 Å². The van der Waals surface area contributed by atoms with Gasteiger partial charge in [0.1, 0.15) is 11.6 Å². The maximum atomic E-state index is 13.7. The van der Waals surface area contributed by atoms with Gasteiger partial charge in [0.2, 0.25) is 5.91 Å². The van der Waals surface area contributed by atoms with Crippen LogP contribution in [0.2, 0.25) is 0 Å². The molecule has 2 aromatic rings. The Balaban J connectivity index is 1.82. The van der Waals surface area contributed by atoms with Crippen LogP contribution in [0, 0.1) is 5.82 Å². The summed E-state index contributed by atoms with van der Waals surface area (Å²) in [5, 5.41) is 2.75. The quantitative estimate of drug-likeness (QED) is 0.740. The first-order valence-electron chi connectivity index (χ1n) is 8.02. The van der Waals surface area contributed by atoms with Gasteiger partial charge in [-0.15, -0.1) is 0 Å². The van der Waals surface area contributed by atoms with E-state index in [1.165, 1.54) is 11.0 Å². The fraction of sp³-hybridized carbons (Fsp3) is 0.263. The molecule has 0 saturated carbocycles.